The average Bonchev–Trinajstić information content (AvgIpc) is 2.68. The van der Waals surface area contributed by atoms with Crippen LogP contribution in [-0.2, 0) is 0 Å². The number of hydrogen-bond donors (Lipinski definition) is 1. The molecular formula is C9H10BrN5O. The van der Waals surface area contributed by atoms with Gasteiger partial charge in [-0.3, -0.25) is 0 Å². The highest BCUT2D eigenvalue weighted by Gasteiger charge is 2.11. The standard InChI is InChI=1S/C9H10BrN5O/c1-2-16-9-7(11)8(12-5-13-9)15-4-6(10)3-14-15/h3-5H,2,11H2,1H3. The van der Waals surface area contributed by atoms with Crippen molar-refractivity contribution in [3.8, 4) is 11.7 Å². The van der Waals surface area contributed by atoms with Crippen molar-refractivity contribution in [2.24, 2.45) is 0 Å². The van der Waals surface area contributed by atoms with Gasteiger partial charge in [-0.2, -0.15) is 10.1 Å². The fourth-order valence-corrected chi connectivity index (χ4v) is 1.51. The first-order valence-electron chi connectivity index (χ1n) is 4.66. The third-order valence-electron chi connectivity index (χ3n) is 1.88. The van der Waals surface area contributed by atoms with E-state index in [4.69, 9.17) is 10.5 Å². The highest BCUT2D eigenvalue weighted by atomic mass is 79.9. The number of anilines is 1. The fourth-order valence-electron chi connectivity index (χ4n) is 1.22. The molecule has 0 saturated carbocycles. The predicted molar refractivity (Wildman–Crippen MR) is 62.4 cm³/mol. The van der Waals surface area contributed by atoms with Gasteiger partial charge in [0.25, 0.3) is 0 Å². The molecule has 0 spiro atoms. The lowest BCUT2D eigenvalue weighted by Crippen LogP contribution is -2.07. The van der Waals surface area contributed by atoms with Crippen molar-refractivity contribution in [3.63, 3.8) is 0 Å². The van der Waals surface area contributed by atoms with Crippen LogP contribution >= 0.6 is 15.9 Å². The van der Waals surface area contributed by atoms with Crippen molar-refractivity contribution in [3.05, 3.63) is 23.2 Å². The number of aromatic nitrogens is 4. The number of halogens is 1. The van der Waals surface area contributed by atoms with Gasteiger partial charge in [-0.15, -0.1) is 0 Å². The maximum atomic E-state index is 5.88. The Kier molecular flexibility index (Phi) is 3.04. The van der Waals surface area contributed by atoms with Crippen LogP contribution in [0.15, 0.2) is 23.2 Å². The van der Waals surface area contributed by atoms with Crippen LogP contribution in [0.3, 0.4) is 0 Å². The summed E-state index contributed by atoms with van der Waals surface area (Å²) in [6.45, 7) is 2.37. The summed E-state index contributed by atoms with van der Waals surface area (Å²) in [7, 11) is 0. The Morgan fingerprint density at radius 2 is 2.31 bits per heavy atom. The van der Waals surface area contributed by atoms with Gasteiger partial charge in [0, 0.05) is 6.20 Å². The summed E-state index contributed by atoms with van der Waals surface area (Å²) in [5.41, 5.74) is 6.26. The van der Waals surface area contributed by atoms with Gasteiger partial charge >= 0.3 is 0 Å². The van der Waals surface area contributed by atoms with Gasteiger partial charge in [-0.05, 0) is 22.9 Å². The number of hydrogen-bond acceptors (Lipinski definition) is 5. The summed E-state index contributed by atoms with van der Waals surface area (Å²) >= 11 is 3.30. The third-order valence-corrected chi connectivity index (χ3v) is 2.28. The minimum atomic E-state index is 0.374. The molecule has 0 bridgehead atoms. The summed E-state index contributed by atoms with van der Waals surface area (Å²) < 4.78 is 7.69. The van der Waals surface area contributed by atoms with E-state index in [1.807, 2.05) is 6.92 Å². The van der Waals surface area contributed by atoms with Crippen LogP contribution < -0.4 is 10.5 Å². The Morgan fingerprint density at radius 3 is 2.94 bits per heavy atom. The number of rotatable bonds is 3. The van der Waals surface area contributed by atoms with Crippen LogP contribution in [-0.4, -0.2) is 26.4 Å². The predicted octanol–water partition coefficient (Wildman–Crippen LogP) is 1.41. The van der Waals surface area contributed by atoms with E-state index in [0.29, 0.717) is 24.0 Å². The lowest BCUT2D eigenvalue weighted by molar-refractivity contribution is 0.328. The van der Waals surface area contributed by atoms with Crippen molar-refractivity contribution >= 4 is 21.6 Å². The summed E-state index contributed by atoms with van der Waals surface area (Å²) in [4.78, 5) is 8.02. The molecule has 0 aliphatic carbocycles. The van der Waals surface area contributed by atoms with E-state index in [2.05, 4.69) is 31.0 Å². The summed E-state index contributed by atoms with van der Waals surface area (Å²) in [6, 6.07) is 0. The van der Waals surface area contributed by atoms with E-state index >= 15 is 0 Å². The molecule has 0 aliphatic heterocycles. The maximum Gasteiger partial charge on any atom is 0.242 e. The van der Waals surface area contributed by atoms with Crippen LogP contribution in [0.25, 0.3) is 5.82 Å². The Hall–Kier alpha value is -1.63. The minimum absolute atomic E-state index is 0.374. The number of ether oxygens (including phenoxy) is 1. The highest BCUT2D eigenvalue weighted by molar-refractivity contribution is 9.10. The molecule has 16 heavy (non-hydrogen) atoms. The van der Waals surface area contributed by atoms with Crippen molar-refractivity contribution in [2.45, 2.75) is 6.92 Å². The molecule has 2 N–H and O–H groups in total. The van der Waals surface area contributed by atoms with Crippen molar-refractivity contribution in [1.29, 1.82) is 0 Å². The number of nitrogens with two attached hydrogens (primary N) is 1. The molecule has 0 atom stereocenters. The molecule has 2 aromatic rings. The van der Waals surface area contributed by atoms with Gasteiger partial charge in [-0.25, -0.2) is 9.67 Å². The Labute approximate surface area is 101 Å². The third kappa shape index (κ3) is 1.99. The molecule has 2 rings (SSSR count). The van der Waals surface area contributed by atoms with Crippen molar-refractivity contribution < 1.29 is 4.74 Å². The fraction of sp³-hybridized carbons (Fsp3) is 0.222. The molecule has 6 nitrogen and oxygen atoms in total. The first kappa shape index (κ1) is 10.9. The van der Waals surface area contributed by atoms with Crippen molar-refractivity contribution in [1.82, 2.24) is 19.7 Å². The van der Waals surface area contributed by atoms with Crippen LogP contribution in [0.4, 0.5) is 5.69 Å². The van der Waals surface area contributed by atoms with E-state index in [1.54, 1.807) is 17.1 Å². The van der Waals surface area contributed by atoms with Crippen molar-refractivity contribution in [2.75, 3.05) is 12.3 Å². The molecule has 2 aromatic heterocycles. The molecular weight excluding hydrogens is 274 g/mol. The summed E-state index contributed by atoms with van der Waals surface area (Å²) in [5.74, 6) is 0.878. The highest BCUT2D eigenvalue weighted by Crippen LogP contribution is 2.23. The number of nitrogen functional groups attached to an aromatic ring is 1. The zero-order valence-electron chi connectivity index (χ0n) is 8.59. The van der Waals surface area contributed by atoms with Gasteiger partial charge in [0.2, 0.25) is 5.88 Å². The van der Waals surface area contributed by atoms with Crippen LogP contribution in [0, 0.1) is 0 Å². The second-order valence-corrected chi connectivity index (χ2v) is 3.87. The van der Waals surface area contributed by atoms with E-state index in [1.165, 1.54) is 6.33 Å². The Bertz CT molecular complexity index is 498. The molecule has 0 aromatic carbocycles. The maximum absolute atomic E-state index is 5.88. The molecule has 0 amide bonds. The van der Waals surface area contributed by atoms with Gasteiger partial charge in [0.15, 0.2) is 5.82 Å². The summed E-state index contributed by atoms with van der Waals surface area (Å²) in [6.07, 6.45) is 4.81. The molecule has 84 valence electrons. The van der Waals surface area contributed by atoms with E-state index in [-0.39, 0.29) is 0 Å². The van der Waals surface area contributed by atoms with Crippen LogP contribution in [0.1, 0.15) is 6.92 Å². The van der Waals surface area contributed by atoms with Crippen LogP contribution in [0.2, 0.25) is 0 Å². The molecule has 0 saturated heterocycles. The molecule has 7 heteroatoms. The lowest BCUT2D eigenvalue weighted by Gasteiger charge is -2.08. The topological polar surface area (TPSA) is 78.9 Å². The average molecular weight is 284 g/mol. The Morgan fingerprint density at radius 1 is 1.50 bits per heavy atom. The quantitative estimate of drug-likeness (QED) is 0.921. The second kappa shape index (κ2) is 4.48. The smallest absolute Gasteiger partial charge is 0.242 e. The molecule has 0 radical (unpaired) electrons. The number of nitrogens with zero attached hydrogens (tertiary/aromatic N) is 4. The summed E-state index contributed by atoms with van der Waals surface area (Å²) in [5, 5.41) is 4.09. The molecule has 0 aliphatic rings. The monoisotopic (exact) mass is 283 g/mol. The largest absolute Gasteiger partial charge is 0.476 e. The van der Waals surface area contributed by atoms with Gasteiger partial charge in [0.05, 0.1) is 17.3 Å². The lowest BCUT2D eigenvalue weighted by atomic mass is 10.4. The molecule has 2 heterocycles. The molecule has 0 fully saturated rings. The Balaban J connectivity index is 2.45. The first-order chi connectivity index (χ1) is 7.72. The van der Waals surface area contributed by atoms with Gasteiger partial charge in [0.1, 0.15) is 12.0 Å². The van der Waals surface area contributed by atoms with E-state index < -0.39 is 0 Å². The zero-order valence-corrected chi connectivity index (χ0v) is 10.2. The first-order valence-corrected chi connectivity index (χ1v) is 5.45. The van der Waals surface area contributed by atoms with E-state index in [0.717, 1.165) is 4.47 Å². The molecule has 0 unspecified atom stereocenters. The van der Waals surface area contributed by atoms with E-state index in [9.17, 15) is 0 Å². The second-order valence-electron chi connectivity index (χ2n) is 2.95. The normalized spacial score (nSPS) is 10.4. The minimum Gasteiger partial charge on any atom is -0.476 e. The van der Waals surface area contributed by atoms with Crippen LogP contribution in [0.5, 0.6) is 5.88 Å². The zero-order chi connectivity index (χ0) is 11.5. The SMILES string of the molecule is CCOc1ncnc(-n2cc(Br)cn2)c1N. The van der Waals surface area contributed by atoms with Gasteiger partial charge in [-0.1, -0.05) is 0 Å². The van der Waals surface area contributed by atoms with Gasteiger partial charge < -0.3 is 10.5 Å².